The van der Waals surface area contributed by atoms with Crippen molar-refractivity contribution in [2.75, 3.05) is 13.2 Å². The molecule has 1 fully saturated rings. The third-order valence-electron chi connectivity index (χ3n) is 6.38. The van der Waals surface area contributed by atoms with Crippen LogP contribution < -0.4 is 0 Å². The van der Waals surface area contributed by atoms with E-state index in [1.807, 2.05) is 18.7 Å². The van der Waals surface area contributed by atoms with Crippen LogP contribution in [0.2, 0.25) is 0 Å². The molecule has 0 bridgehead atoms. The van der Waals surface area contributed by atoms with Gasteiger partial charge >= 0.3 is 0 Å². The van der Waals surface area contributed by atoms with Crippen LogP contribution in [0.25, 0.3) is 0 Å². The van der Waals surface area contributed by atoms with E-state index in [2.05, 4.69) is 68.4 Å². The van der Waals surface area contributed by atoms with Gasteiger partial charge in [-0.2, -0.15) is 0 Å². The summed E-state index contributed by atoms with van der Waals surface area (Å²) in [6, 6.07) is 8.99. The number of ether oxygens (including phenoxy) is 2. The molecule has 4 heteroatoms. The fourth-order valence-corrected chi connectivity index (χ4v) is 3.79. The first-order chi connectivity index (χ1) is 13.3. The molecule has 2 heterocycles. The van der Waals surface area contributed by atoms with Crippen molar-refractivity contribution in [1.82, 2.24) is 9.55 Å². The molecule has 1 aliphatic heterocycles. The first kappa shape index (κ1) is 21.1. The van der Waals surface area contributed by atoms with E-state index in [-0.39, 0.29) is 10.8 Å². The molecule has 0 spiro atoms. The molecule has 0 unspecified atom stereocenters. The average molecular weight is 385 g/mol. The number of nitrogens with zero attached hydrogens (tertiary/aromatic N) is 2. The number of hydrogen-bond donors (Lipinski definition) is 0. The van der Waals surface area contributed by atoms with Gasteiger partial charge in [0.2, 0.25) is 0 Å². The highest BCUT2D eigenvalue weighted by molar-refractivity contribution is 5.27. The zero-order valence-electron chi connectivity index (χ0n) is 18.2. The van der Waals surface area contributed by atoms with Gasteiger partial charge in [0.25, 0.3) is 0 Å². The van der Waals surface area contributed by atoms with E-state index < -0.39 is 5.79 Å². The van der Waals surface area contributed by atoms with Gasteiger partial charge in [0.05, 0.1) is 26.1 Å². The third-order valence-corrected chi connectivity index (χ3v) is 6.38. The number of aromatic nitrogens is 2. The van der Waals surface area contributed by atoms with E-state index in [1.165, 1.54) is 11.1 Å². The lowest BCUT2D eigenvalue weighted by molar-refractivity contribution is -0.313. The highest BCUT2D eigenvalue weighted by atomic mass is 16.7. The first-order valence-corrected chi connectivity index (χ1v) is 10.6. The van der Waals surface area contributed by atoms with Crippen molar-refractivity contribution in [2.45, 2.75) is 78.0 Å². The molecule has 0 N–H and O–H groups in total. The Hall–Kier alpha value is -1.65. The second kappa shape index (κ2) is 8.38. The highest BCUT2D eigenvalue weighted by Crippen LogP contribution is 2.38. The zero-order valence-corrected chi connectivity index (χ0v) is 18.2. The van der Waals surface area contributed by atoms with E-state index in [1.54, 1.807) is 0 Å². The molecule has 0 saturated carbocycles. The van der Waals surface area contributed by atoms with E-state index in [0.717, 1.165) is 38.9 Å². The minimum atomic E-state index is -0.586. The van der Waals surface area contributed by atoms with Crippen molar-refractivity contribution >= 4 is 0 Å². The Balaban J connectivity index is 1.71. The molecule has 1 aromatic carbocycles. The summed E-state index contributed by atoms with van der Waals surface area (Å²) in [5.74, 6) is -0.586. The Morgan fingerprint density at radius 1 is 1.04 bits per heavy atom. The van der Waals surface area contributed by atoms with Crippen LogP contribution in [0, 0.1) is 5.41 Å². The Morgan fingerprint density at radius 3 is 2.18 bits per heavy atom. The van der Waals surface area contributed by atoms with Gasteiger partial charge in [0.15, 0.2) is 5.79 Å². The lowest BCUT2D eigenvalue weighted by atomic mass is 9.83. The smallest absolute Gasteiger partial charge is 0.186 e. The van der Waals surface area contributed by atoms with Crippen molar-refractivity contribution < 1.29 is 9.47 Å². The number of aryl methyl sites for hydroxylation is 1. The highest BCUT2D eigenvalue weighted by Gasteiger charge is 2.43. The molecule has 1 aromatic heterocycles. The normalized spacial score (nSPS) is 18.9. The maximum Gasteiger partial charge on any atom is 0.186 e. The number of hydrogen-bond acceptors (Lipinski definition) is 3. The fourth-order valence-electron chi connectivity index (χ4n) is 3.79. The van der Waals surface area contributed by atoms with Crippen LogP contribution in [-0.4, -0.2) is 28.6 Å². The molecule has 154 valence electrons. The minimum Gasteiger partial charge on any atom is -0.347 e. The Bertz CT molecular complexity index is 715. The molecule has 4 nitrogen and oxygen atoms in total. The average Bonchev–Trinajstić information content (AvgIpc) is 3.20. The lowest BCUT2D eigenvalue weighted by Gasteiger charge is -2.46. The molecular weight excluding hydrogens is 348 g/mol. The summed E-state index contributed by atoms with van der Waals surface area (Å²) in [5, 5.41) is 0. The summed E-state index contributed by atoms with van der Waals surface area (Å²) in [6.45, 7) is 13.4. The second-order valence-corrected chi connectivity index (χ2v) is 9.38. The van der Waals surface area contributed by atoms with Gasteiger partial charge in [-0.25, -0.2) is 4.98 Å². The van der Waals surface area contributed by atoms with Gasteiger partial charge in [-0.3, -0.25) is 0 Å². The van der Waals surface area contributed by atoms with Crippen LogP contribution in [0.5, 0.6) is 0 Å². The van der Waals surface area contributed by atoms with Crippen LogP contribution >= 0.6 is 0 Å². The molecular formula is C24H36N2O2. The third kappa shape index (κ3) is 4.84. The van der Waals surface area contributed by atoms with Gasteiger partial charge in [-0.15, -0.1) is 0 Å². The van der Waals surface area contributed by atoms with Gasteiger partial charge in [-0.1, -0.05) is 58.9 Å². The predicted molar refractivity (Wildman–Crippen MR) is 113 cm³/mol. The summed E-state index contributed by atoms with van der Waals surface area (Å²) in [4.78, 5) is 4.18. The Kier molecular flexibility index (Phi) is 6.31. The summed E-state index contributed by atoms with van der Waals surface area (Å²) < 4.78 is 15.0. The van der Waals surface area contributed by atoms with Crippen LogP contribution in [0.4, 0.5) is 0 Å². The van der Waals surface area contributed by atoms with Crippen molar-refractivity contribution in [3.63, 3.8) is 0 Å². The minimum absolute atomic E-state index is 0.146. The van der Waals surface area contributed by atoms with Gasteiger partial charge < -0.3 is 14.0 Å². The molecule has 1 saturated heterocycles. The monoisotopic (exact) mass is 384 g/mol. The molecule has 0 atom stereocenters. The largest absolute Gasteiger partial charge is 0.347 e. The molecule has 3 rings (SSSR count). The van der Waals surface area contributed by atoms with E-state index in [4.69, 9.17) is 9.47 Å². The van der Waals surface area contributed by atoms with Crippen LogP contribution in [-0.2, 0) is 27.9 Å². The fraction of sp³-hybridized carbons (Fsp3) is 0.625. The Labute approximate surface area is 170 Å². The van der Waals surface area contributed by atoms with Gasteiger partial charge in [0, 0.05) is 24.2 Å². The summed E-state index contributed by atoms with van der Waals surface area (Å²) in [7, 11) is 0. The number of benzene rings is 1. The van der Waals surface area contributed by atoms with Crippen molar-refractivity contribution in [2.24, 2.45) is 5.41 Å². The molecule has 0 radical (unpaired) electrons. The van der Waals surface area contributed by atoms with Gasteiger partial charge in [0.1, 0.15) is 0 Å². The van der Waals surface area contributed by atoms with E-state index >= 15 is 0 Å². The number of imidazole rings is 1. The topological polar surface area (TPSA) is 36.3 Å². The molecule has 1 aliphatic rings. The number of rotatable bonds is 7. The van der Waals surface area contributed by atoms with Crippen molar-refractivity contribution in [1.29, 1.82) is 0 Å². The summed E-state index contributed by atoms with van der Waals surface area (Å²) in [6.07, 6.45) is 9.57. The van der Waals surface area contributed by atoms with E-state index in [0.29, 0.717) is 6.54 Å². The standard InChI is InChI=1S/C24H36N2O2/c1-6-23(7-2)17-27-24(28-18-23,16-26-15-14-25-19-26)13-12-20-8-10-21(11-9-20)22(3,4)5/h8-11,14-15,19H,6-7,12-13,16-18H2,1-5H3. The quantitative estimate of drug-likeness (QED) is 0.644. The molecule has 28 heavy (non-hydrogen) atoms. The maximum atomic E-state index is 6.47. The zero-order chi connectivity index (χ0) is 20.3. The van der Waals surface area contributed by atoms with Crippen LogP contribution in [0.3, 0.4) is 0 Å². The van der Waals surface area contributed by atoms with E-state index in [9.17, 15) is 0 Å². The predicted octanol–water partition coefficient (Wildman–Crippen LogP) is 5.36. The van der Waals surface area contributed by atoms with Crippen molar-refractivity contribution in [3.05, 3.63) is 54.1 Å². The summed E-state index contributed by atoms with van der Waals surface area (Å²) in [5.41, 5.74) is 3.02. The maximum absolute atomic E-state index is 6.47. The molecule has 0 aliphatic carbocycles. The SMILES string of the molecule is CCC1(CC)COC(CCc2ccc(C(C)(C)C)cc2)(Cn2ccnc2)OC1. The molecule has 2 aromatic rings. The Morgan fingerprint density at radius 2 is 1.68 bits per heavy atom. The summed E-state index contributed by atoms with van der Waals surface area (Å²) >= 11 is 0. The molecule has 0 amide bonds. The van der Waals surface area contributed by atoms with Crippen LogP contribution in [0.15, 0.2) is 43.0 Å². The first-order valence-electron chi connectivity index (χ1n) is 10.6. The lowest BCUT2D eigenvalue weighted by Crippen LogP contribution is -2.51. The van der Waals surface area contributed by atoms with Crippen molar-refractivity contribution in [3.8, 4) is 0 Å². The second-order valence-electron chi connectivity index (χ2n) is 9.38. The van der Waals surface area contributed by atoms with Crippen LogP contribution in [0.1, 0.15) is 65.0 Å². The van der Waals surface area contributed by atoms with Gasteiger partial charge in [-0.05, 0) is 35.8 Å².